The van der Waals surface area contributed by atoms with Gasteiger partial charge in [0.1, 0.15) is 6.04 Å². The second-order valence-electron chi connectivity index (χ2n) is 2.64. The number of rotatable bonds is 3. The zero-order valence-corrected chi connectivity index (χ0v) is 5.92. The van der Waals surface area contributed by atoms with Crippen molar-refractivity contribution in [3.05, 3.63) is 12.2 Å². The first kappa shape index (κ1) is 7.28. The zero-order chi connectivity index (χ0) is 7.72. The molecule has 2 N–H and O–H groups in total. The van der Waals surface area contributed by atoms with Crippen LogP contribution in [0.1, 0.15) is 13.3 Å². The van der Waals surface area contributed by atoms with Crippen molar-refractivity contribution < 1.29 is 9.90 Å². The highest BCUT2D eigenvalue weighted by molar-refractivity contribution is 5.73. The summed E-state index contributed by atoms with van der Waals surface area (Å²) in [6, 6.07) is -0.199. The molecule has 1 unspecified atom stereocenters. The van der Waals surface area contributed by atoms with Crippen molar-refractivity contribution in [2.24, 2.45) is 0 Å². The molecule has 1 aliphatic carbocycles. The Morgan fingerprint density at radius 2 is 2.50 bits per heavy atom. The van der Waals surface area contributed by atoms with Crippen molar-refractivity contribution in [1.82, 2.24) is 5.32 Å². The molecule has 3 nitrogen and oxygen atoms in total. The first-order chi connectivity index (χ1) is 4.61. The van der Waals surface area contributed by atoms with Gasteiger partial charge in [0.2, 0.25) is 0 Å². The van der Waals surface area contributed by atoms with Gasteiger partial charge in [0, 0.05) is 6.04 Å². The summed E-state index contributed by atoms with van der Waals surface area (Å²) in [6.07, 6.45) is 0.928. The average molecular weight is 141 g/mol. The second kappa shape index (κ2) is 2.42. The normalized spacial score (nSPS) is 26.1. The molecule has 0 aromatic heterocycles. The van der Waals surface area contributed by atoms with Gasteiger partial charge in [-0.15, -0.1) is 0 Å². The lowest BCUT2D eigenvalue weighted by Crippen LogP contribution is -2.35. The van der Waals surface area contributed by atoms with Crippen molar-refractivity contribution in [3.63, 3.8) is 0 Å². The lowest BCUT2D eigenvalue weighted by Gasteiger charge is -2.05. The van der Waals surface area contributed by atoms with E-state index in [2.05, 4.69) is 11.9 Å². The van der Waals surface area contributed by atoms with Gasteiger partial charge in [0.05, 0.1) is 0 Å². The Labute approximate surface area is 59.7 Å². The highest BCUT2D eigenvalue weighted by Crippen LogP contribution is 2.26. The Balaban J connectivity index is 2.25. The predicted molar refractivity (Wildman–Crippen MR) is 37.8 cm³/mol. The van der Waals surface area contributed by atoms with E-state index in [-0.39, 0.29) is 6.04 Å². The average Bonchev–Trinajstić information content (AvgIpc) is 2.46. The highest BCUT2D eigenvalue weighted by Gasteiger charge is 2.29. The lowest BCUT2D eigenvalue weighted by molar-refractivity contribution is -0.139. The van der Waals surface area contributed by atoms with Gasteiger partial charge in [-0.25, -0.2) is 0 Å². The summed E-state index contributed by atoms with van der Waals surface area (Å²) < 4.78 is 0. The minimum Gasteiger partial charge on any atom is -0.480 e. The maximum Gasteiger partial charge on any atom is 0.320 e. The summed E-state index contributed by atoms with van der Waals surface area (Å²) in [6.45, 7) is 5.34. The summed E-state index contributed by atoms with van der Waals surface area (Å²) in [7, 11) is 0. The van der Waals surface area contributed by atoms with Crippen LogP contribution in [0.25, 0.3) is 0 Å². The fraction of sp³-hybridized carbons (Fsp3) is 0.571. The summed E-state index contributed by atoms with van der Waals surface area (Å²) >= 11 is 0. The van der Waals surface area contributed by atoms with Crippen molar-refractivity contribution >= 4 is 5.97 Å². The Hall–Kier alpha value is -0.830. The van der Waals surface area contributed by atoms with Crippen LogP contribution in [0.3, 0.4) is 0 Å². The third kappa shape index (κ3) is 1.57. The van der Waals surface area contributed by atoms with Crippen molar-refractivity contribution in [2.45, 2.75) is 25.4 Å². The first-order valence-corrected chi connectivity index (χ1v) is 3.28. The minimum absolute atomic E-state index is 0.256. The standard InChI is InChI=1S/C7H11NO2/c1-4-3-6(4)8-5(2)7(9)10/h5-6,8H,1,3H2,2H3,(H,9,10)/t5-,6?/m0/s1. The third-order valence-corrected chi connectivity index (χ3v) is 1.62. The molecule has 56 valence electrons. The predicted octanol–water partition coefficient (Wildman–Crippen LogP) is 0.378. The maximum absolute atomic E-state index is 10.3. The molecule has 0 amide bonds. The van der Waals surface area contributed by atoms with E-state index in [0.717, 1.165) is 12.0 Å². The van der Waals surface area contributed by atoms with Crippen LogP contribution in [0, 0.1) is 0 Å². The van der Waals surface area contributed by atoms with E-state index in [1.54, 1.807) is 6.92 Å². The fourth-order valence-electron chi connectivity index (χ4n) is 0.753. The largest absolute Gasteiger partial charge is 0.480 e. The maximum atomic E-state index is 10.3. The summed E-state index contributed by atoms with van der Waals surface area (Å²) in [5.41, 5.74) is 1.10. The van der Waals surface area contributed by atoms with E-state index in [4.69, 9.17) is 5.11 Å². The molecule has 0 heterocycles. The number of carboxylic acid groups (broad SMARTS) is 1. The molecule has 0 spiro atoms. The van der Waals surface area contributed by atoms with Crippen LogP contribution in [-0.4, -0.2) is 23.2 Å². The van der Waals surface area contributed by atoms with Crippen LogP contribution in [0.15, 0.2) is 12.2 Å². The van der Waals surface area contributed by atoms with Crippen molar-refractivity contribution in [2.75, 3.05) is 0 Å². The Kier molecular flexibility index (Phi) is 1.76. The fourth-order valence-corrected chi connectivity index (χ4v) is 0.753. The molecular formula is C7H11NO2. The Morgan fingerprint density at radius 3 is 2.80 bits per heavy atom. The van der Waals surface area contributed by atoms with Gasteiger partial charge < -0.3 is 5.11 Å². The molecule has 2 atom stereocenters. The van der Waals surface area contributed by atoms with E-state index in [0.29, 0.717) is 0 Å². The molecule has 0 aromatic rings. The van der Waals surface area contributed by atoms with E-state index in [9.17, 15) is 4.79 Å². The van der Waals surface area contributed by atoms with E-state index < -0.39 is 12.0 Å². The van der Waals surface area contributed by atoms with Crippen LogP contribution in [-0.2, 0) is 4.79 Å². The summed E-state index contributed by atoms with van der Waals surface area (Å²) in [5.74, 6) is -0.806. The summed E-state index contributed by atoms with van der Waals surface area (Å²) in [4.78, 5) is 10.3. The quantitative estimate of drug-likeness (QED) is 0.558. The molecule has 0 radical (unpaired) electrons. The number of nitrogens with one attached hydrogen (secondary N) is 1. The molecule has 1 rings (SSSR count). The number of aliphatic carboxylic acids is 1. The Morgan fingerprint density at radius 1 is 2.00 bits per heavy atom. The second-order valence-corrected chi connectivity index (χ2v) is 2.64. The van der Waals surface area contributed by atoms with Gasteiger partial charge in [0.15, 0.2) is 0 Å². The number of carbonyl (C=O) groups is 1. The summed E-state index contributed by atoms with van der Waals surface area (Å²) in [5, 5.41) is 11.4. The van der Waals surface area contributed by atoms with Crippen LogP contribution in [0.5, 0.6) is 0 Å². The molecule has 1 aliphatic rings. The molecule has 0 aromatic carbocycles. The van der Waals surface area contributed by atoms with Gasteiger partial charge in [-0.05, 0) is 13.3 Å². The van der Waals surface area contributed by atoms with Crippen molar-refractivity contribution in [1.29, 1.82) is 0 Å². The minimum atomic E-state index is -0.806. The van der Waals surface area contributed by atoms with E-state index in [1.807, 2.05) is 0 Å². The number of carboxylic acids is 1. The van der Waals surface area contributed by atoms with Gasteiger partial charge in [-0.3, -0.25) is 10.1 Å². The molecule has 0 saturated heterocycles. The lowest BCUT2D eigenvalue weighted by atomic mass is 10.3. The monoisotopic (exact) mass is 141 g/mol. The first-order valence-electron chi connectivity index (χ1n) is 3.28. The van der Waals surface area contributed by atoms with Crippen LogP contribution in [0.2, 0.25) is 0 Å². The molecule has 3 heteroatoms. The SMILES string of the molecule is C=C1CC1N[C@@H](C)C(=O)O. The molecule has 1 saturated carbocycles. The third-order valence-electron chi connectivity index (χ3n) is 1.62. The topological polar surface area (TPSA) is 49.3 Å². The zero-order valence-electron chi connectivity index (χ0n) is 5.92. The van der Waals surface area contributed by atoms with Crippen LogP contribution < -0.4 is 5.32 Å². The van der Waals surface area contributed by atoms with Crippen LogP contribution >= 0.6 is 0 Å². The molecular weight excluding hydrogens is 130 g/mol. The molecule has 0 aliphatic heterocycles. The van der Waals surface area contributed by atoms with Gasteiger partial charge in [-0.1, -0.05) is 12.2 Å². The molecule has 1 fully saturated rings. The molecule has 10 heavy (non-hydrogen) atoms. The number of hydrogen-bond acceptors (Lipinski definition) is 2. The highest BCUT2D eigenvalue weighted by atomic mass is 16.4. The Bertz CT molecular complexity index is 176. The smallest absolute Gasteiger partial charge is 0.320 e. The molecule has 0 bridgehead atoms. The number of hydrogen-bond donors (Lipinski definition) is 2. The van der Waals surface area contributed by atoms with Gasteiger partial charge >= 0.3 is 5.97 Å². The van der Waals surface area contributed by atoms with Gasteiger partial charge in [0.25, 0.3) is 0 Å². The van der Waals surface area contributed by atoms with Gasteiger partial charge in [-0.2, -0.15) is 0 Å². The van der Waals surface area contributed by atoms with E-state index >= 15 is 0 Å². The van der Waals surface area contributed by atoms with Crippen LogP contribution in [0.4, 0.5) is 0 Å². The van der Waals surface area contributed by atoms with E-state index in [1.165, 1.54) is 0 Å². The van der Waals surface area contributed by atoms with Crippen molar-refractivity contribution in [3.8, 4) is 0 Å².